The topological polar surface area (TPSA) is 36.1 Å². The average molecular weight is 728 g/mol. The summed E-state index contributed by atoms with van der Waals surface area (Å²) in [5.74, 6) is 4.08. The molecule has 280 valence electrons. The summed E-state index contributed by atoms with van der Waals surface area (Å²) < 4.78 is 0. The van der Waals surface area contributed by atoms with Crippen LogP contribution in [0.1, 0.15) is 197 Å². The van der Waals surface area contributed by atoms with Gasteiger partial charge in [0, 0.05) is 56.6 Å². The van der Waals surface area contributed by atoms with Gasteiger partial charge < -0.3 is 16.0 Å². The van der Waals surface area contributed by atoms with Crippen LogP contribution in [0.4, 0.5) is 11.4 Å². The molecule has 0 unspecified atom stereocenters. The largest absolute Gasteiger partial charge is 0.357 e. The molecule has 1 heterocycles. The van der Waals surface area contributed by atoms with E-state index in [9.17, 15) is 0 Å². The van der Waals surface area contributed by atoms with Crippen molar-refractivity contribution in [3.8, 4) is 0 Å². The van der Waals surface area contributed by atoms with Crippen LogP contribution in [-0.2, 0) is 21.7 Å². The van der Waals surface area contributed by atoms with Gasteiger partial charge in [-0.3, -0.25) is 0 Å². The number of benzene rings is 2. The van der Waals surface area contributed by atoms with Crippen molar-refractivity contribution in [2.45, 2.75) is 177 Å². The molecule has 2 aromatic carbocycles. The molecule has 0 spiro atoms. The van der Waals surface area contributed by atoms with Gasteiger partial charge >= 0.3 is 0 Å². The minimum absolute atomic E-state index is 0. The predicted octanol–water partition coefficient (Wildman–Crippen LogP) is 14.5. The van der Waals surface area contributed by atoms with Crippen LogP contribution < -0.4 is 16.0 Å². The van der Waals surface area contributed by atoms with Crippen molar-refractivity contribution < 1.29 is 21.7 Å². The van der Waals surface area contributed by atoms with Gasteiger partial charge in [-0.2, -0.15) is 0 Å². The Morgan fingerprint density at radius 3 is 1.27 bits per heavy atom. The second-order valence-corrected chi connectivity index (χ2v) is 17.2. The third kappa shape index (κ3) is 11.9. The molecule has 3 aliphatic rings. The average Bonchev–Trinajstić information content (AvgIpc) is 3.10. The van der Waals surface area contributed by atoms with Crippen LogP contribution >= 0.6 is 0 Å². The summed E-state index contributed by atoms with van der Waals surface area (Å²) in [4.78, 5) is 0. The number of anilines is 2. The molecule has 0 radical (unpaired) electrons. The number of hydrogen-bond donors (Lipinski definition) is 3. The molecule has 0 atom stereocenters. The van der Waals surface area contributed by atoms with Crippen LogP contribution in [0.2, 0.25) is 0 Å². The Morgan fingerprint density at radius 1 is 0.569 bits per heavy atom. The summed E-state index contributed by atoms with van der Waals surface area (Å²) in [6.07, 6.45) is 20.7. The standard InChI is InChI=1S/C35H51N3.C12H22.Ti/c1-20(2)28-16-24(9)17-29(21(3)4)34(28)36-26(11)32-14-13-15-33(38-32)27(12)37-35-30(22(5)6)18-25(10)19-31(35)23(7)8;1-3-7-11(8-4-1)12-9-5-2-6-10-12;/h13-14,16-23,36-38H,15H2,1-12H3;11-12H,1-10H2;/b32-26+,33-27-;;. The zero-order chi connectivity index (χ0) is 36.5. The number of aryl methyl sites for hydroxylation is 2. The summed E-state index contributed by atoms with van der Waals surface area (Å²) in [7, 11) is 0. The van der Waals surface area contributed by atoms with Crippen molar-refractivity contribution >= 4 is 11.4 Å². The molecular formula is C47H73N3Ti. The van der Waals surface area contributed by atoms with Crippen LogP contribution in [0.15, 0.2) is 59.2 Å². The number of allylic oxidation sites excluding steroid dienone is 4. The van der Waals surface area contributed by atoms with Crippen molar-refractivity contribution in [2.75, 3.05) is 10.6 Å². The Balaban J connectivity index is 0.000000452. The maximum atomic E-state index is 3.84. The summed E-state index contributed by atoms with van der Waals surface area (Å²) in [6.45, 7) is 27.0. The Bertz CT molecular complexity index is 1440. The van der Waals surface area contributed by atoms with Crippen LogP contribution in [-0.4, -0.2) is 0 Å². The smallest absolute Gasteiger partial charge is 0.0572 e. The number of nitrogens with one attached hydrogen (secondary N) is 3. The van der Waals surface area contributed by atoms with Crippen LogP contribution in [0.5, 0.6) is 0 Å². The van der Waals surface area contributed by atoms with Crippen molar-refractivity contribution in [1.82, 2.24) is 5.32 Å². The van der Waals surface area contributed by atoms with Crippen molar-refractivity contribution in [3.05, 3.63) is 92.6 Å². The van der Waals surface area contributed by atoms with E-state index in [0.717, 1.165) is 29.7 Å². The first-order valence-electron chi connectivity index (χ1n) is 20.4. The summed E-state index contributed by atoms with van der Waals surface area (Å²) in [6, 6.07) is 9.34. The SMILES string of the molecule is C/C(Nc1c(C(C)C)cc(C)cc1C(C)C)=C1\CC=C/C(=C(/C)Nc2c(C(C)C)cc(C)cc2C(C)C)N1.C1CCC(C2CCCCC2)CC1.[Ti]. The number of hydrogen-bond acceptors (Lipinski definition) is 3. The summed E-state index contributed by atoms with van der Waals surface area (Å²) >= 11 is 0. The maximum absolute atomic E-state index is 3.84. The predicted molar refractivity (Wildman–Crippen MR) is 221 cm³/mol. The van der Waals surface area contributed by atoms with Gasteiger partial charge in [0.1, 0.15) is 0 Å². The Labute approximate surface area is 329 Å². The van der Waals surface area contributed by atoms with E-state index in [2.05, 4.69) is 135 Å². The monoisotopic (exact) mass is 728 g/mol. The Kier molecular flexibility index (Phi) is 17.2. The zero-order valence-electron chi connectivity index (χ0n) is 34.7. The Morgan fingerprint density at radius 2 is 0.922 bits per heavy atom. The molecule has 0 bridgehead atoms. The van der Waals surface area contributed by atoms with Gasteiger partial charge in [-0.05, 0) is 91.5 Å². The van der Waals surface area contributed by atoms with Crippen LogP contribution in [0.3, 0.4) is 0 Å². The van der Waals surface area contributed by atoms with Gasteiger partial charge in [0.15, 0.2) is 0 Å². The van der Waals surface area contributed by atoms with E-state index in [4.69, 9.17) is 0 Å². The number of rotatable bonds is 9. The van der Waals surface area contributed by atoms with Crippen molar-refractivity contribution in [3.63, 3.8) is 0 Å². The van der Waals surface area contributed by atoms with Gasteiger partial charge in [-0.25, -0.2) is 0 Å². The van der Waals surface area contributed by atoms with E-state index < -0.39 is 0 Å². The first-order chi connectivity index (χ1) is 23.8. The molecule has 51 heavy (non-hydrogen) atoms. The van der Waals surface area contributed by atoms with Crippen molar-refractivity contribution in [2.24, 2.45) is 11.8 Å². The van der Waals surface area contributed by atoms with Crippen molar-refractivity contribution in [1.29, 1.82) is 0 Å². The normalized spacial score (nSPS) is 19.1. The van der Waals surface area contributed by atoms with Gasteiger partial charge in [0.05, 0.1) is 5.70 Å². The van der Waals surface area contributed by atoms with Gasteiger partial charge in [-0.15, -0.1) is 0 Å². The maximum Gasteiger partial charge on any atom is 0.0572 e. The fourth-order valence-corrected chi connectivity index (χ4v) is 8.54. The second kappa shape index (κ2) is 20.3. The van der Waals surface area contributed by atoms with E-state index in [1.807, 2.05) is 0 Å². The molecule has 2 saturated carbocycles. The fraction of sp³-hybridized carbons (Fsp3) is 0.617. The molecule has 0 aromatic heterocycles. The van der Waals surface area contributed by atoms with E-state index in [1.54, 1.807) is 25.7 Å². The molecule has 3 nitrogen and oxygen atoms in total. The first-order valence-corrected chi connectivity index (χ1v) is 20.4. The molecule has 2 aliphatic carbocycles. The fourth-order valence-electron chi connectivity index (χ4n) is 8.54. The van der Waals surface area contributed by atoms with Crippen LogP contribution in [0, 0.1) is 25.7 Å². The van der Waals surface area contributed by atoms with Gasteiger partial charge in [-0.1, -0.05) is 161 Å². The third-order valence-corrected chi connectivity index (χ3v) is 11.5. The van der Waals surface area contributed by atoms with Gasteiger partial charge in [0.2, 0.25) is 0 Å². The van der Waals surface area contributed by atoms with E-state index >= 15 is 0 Å². The van der Waals surface area contributed by atoms with E-state index in [1.165, 1.54) is 94.7 Å². The molecule has 5 rings (SSSR count). The summed E-state index contributed by atoms with van der Waals surface area (Å²) in [5, 5.41) is 11.4. The Hall–Kier alpha value is -2.23. The molecule has 1 aliphatic heterocycles. The van der Waals surface area contributed by atoms with E-state index in [-0.39, 0.29) is 21.7 Å². The van der Waals surface area contributed by atoms with E-state index in [0.29, 0.717) is 23.7 Å². The molecule has 0 saturated heterocycles. The summed E-state index contributed by atoms with van der Waals surface area (Å²) in [5.41, 5.74) is 15.4. The van der Waals surface area contributed by atoms with Gasteiger partial charge in [0.25, 0.3) is 0 Å². The second-order valence-electron chi connectivity index (χ2n) is 17.2. The zero-order valence-corrected chi connectivity index (χ0v) is 36.3. The molecule has 2 fully saturated rings. The molecule has 0 amide bonds. The first kappa shape index (κ1) is 43.2. The molecular weight excluding hydrogens is 654 g/mol. The quantitative estimate of drug-likeness (QED) is 0.225. The minimum atomic E-state index is 0. The minimum Gasteiger partial charge on any atom is -0.357 e. The molecule has 4 heteroatoms. The molecule has 3 N–H and O–H groups in total. The third-order valence-electron chi connectivity index (χ3n) is 11.5. The molecule has 2 aromatic rings. The van der Waals surface area contributed by atoms with Crippen LogP contribution in [0.25, 0.3) is 0 Å².